The summed E-state index contributed by atoms with van der Waals surface area (Å²) in [5.41, 5.74) is 2.27. The molecule has 0 aliphatic heterocycles. The van der Waals surface area contributed by atoms with Crippen molar-refractivity contribution < 1.29 is 12.9 Å². The second kappa shape index (κ2) is 5.82. The van der Waals surface area contributed by atoms with Gasteiger partial charge in [-0.25, -0.2) is 8.42 Å². The average Bonchev–Trinajstić information content (AvgIpc) is 3.12. The molecule has 2 heterocycles. The minimum atomic E-state index is -3.32. The van der Waals surface area contributed by atoms with Crippen LogP contribution < -0.4 is 4.72 Å². The minimum absolute atomic E-state index is 0.298. The first-order valence-corrected chi connectivity index (χ1v) is 8.73. The predicted octanol–water partition coefficient (Wildman–Crippen LogP) is 1.99. The molecular weight excluding hydrogens is 330 g/mol. The van der Waals surface area contributed by atoms with E-state index in [1.807, 2.05) is 0 Å². The molecule has 24 heavy (non-hydrogen) atoms. The summed E-state index contributed by atoms with van der Waals surface area (Å²) in [7, 11) is -1.54. The molecule has 0 saturated carbocycles. The number of nitrogens with one attached hydrogen (secondary N) is 1. The van der Waals surface area contributed by atoms with Crippen LogP contribution in [0, 0.1) is 11.3 Å². The van der Waals surface area contributed by atoms with Crippen molar-refractivity contribution in [2.75, 3.05) is 11.0 Å². The summed E-state index contributed by atoms with van der Waals surface area (Å²) >= 11 is 0. The van der Waals surface area contributed by atoms with Gasteiger partial charge < -0.3 is 9.09 Å². The van der Waals surface area contributed by atoms with Gasteiger partial charge in [0.1, 0.15) is 11.8 Å². The Morgan fingerprint density at radius 1 is 1.29 bits per heavy atom. The standard InChI is InChI=1S/C15H13N5O3S/c1-20-9-10(8-16)7-13(20)15-17-14(18-23-15)11-3-5-12(6-4-11)19-24(2,21)22/h3-7,9,19H,1-2H3. The maximum absolute atomic E-state index is 11.2. The summed E-state index contributed by atoms with van der Waals surface area (Å²) in [5, 5.41) is 12.9. The van der Waals surface area contributed by atoms with Crippen molar-refractivity contribution in [3.05, 3.63) is 42.1 Å². The molecule has 3 rings (SSSR count). The Morgan fingerprint density at radius 2 is 2.00 bits per heavy atom. The van der Waals surface area contributed by atoms with Gasteiger partial charge >= 0.3 is 0 Å². The largest absolute Gasteiger partial charge is 0.345 e. The van der Waals surface area contributed by atoms with E-state index in [-0.39, 0.29) is 0 Å². The van der Waals surface area contributed by atoms with Crippen molar-refractivity contribution in [2.45, 2.75) is 0 Å². The number of hydrogen-bond acceptors (Lipinski definition) is 6. The number of hydrogen-bond donors (Lipinski definition) is 1. The third-order valence-electron chi connectivity index (χ3n) is 3.23. The van der Waals surface area contributed by atoms with Gasteiger partial charge in [0.15, 0.2) is 0 Å². The molecule has 0 fully saturated rings. The molecular formula is C15H13N5O3S. The first-order valence-electron chi connectivity index (χ1n) is 6.84. The fraction of sp³-hybridized carbons (Fsp3) is 0.133. The van der Waals surface area contributed by atoms with E-state index in [1.165, 1.54) is 0 Å². The number of benzene rings is 1. The molecule has 2 aromatic heterocycles. The summed E-state index contributed by atoms with van der Waals surface area (Å²) in [6.45, 7) is 0. The van der Waals surface area contributed by atoms with Gasteiger partial charge in [0.25, 0.3) is 5.89 Å². The molecule has 0 amide bonds. The predicted molar refractivity (Wildman–Crippen MR) is 87.3 cm³/mol. The summed E-state index contributed by atoms with van der Waals surface area (Å²) in [4.78, 5) is 4.32. The molecule has 0 saturated heterocycles. The zero-order valence-corrected chi connectivity index (χ0v) is 13.7. The third kappa shape index (κ3) is 3.28. The molecule has 0 aliphatic carbocycles. The Morgan fingerprint density at radius 3 is 2.58 bits per heavy atom. The molecule has 3 aromatic rings. The maximum Gasteiger partial charge on any atom is 0.274 e. The molecule has 122 valence electrons. The van der Waals surface area contributed by atoms with Crippen LogP contribution in [0.1, 0.15) is 5.56 Å². The number of sulfonamides is 1. The van der Waals surface area contributed by atoms with Crippen LogP contribution in [0.15, 0.2) is 41.1 Å². The monoisotopic (exact) mass is 343 g/mol. The Labute approximate surface area is 138 Å². The highest BCUT2D eigenvalue weighted by Gasteiger charge is 2.14. The quantitative estimate of drug-likeness (QED) is 0.775. The second-order valence-electron chi connectivity index (χ2n) is 5.21. The average molecular weight is 343 g/mol. The van der Waals surface area contributed by atoms with Crippen molar-refractivity contribution >= 4 is 15.7 Å². The number of nitriles is 1. The smallest absolute Gasteiger partial charge is 0.274 e. The van der Waals surface area contributed by atoms with Crippen molar-refractivity contribution in [3.63, 3.8) is 0 Å². The molecule has 0 unspecified atom stereocenters. The fourth-order valence-electron chi connectivity index (χ4n) is 2.18. The lowest BCUT2D eigenvalue weighted by atomic mass is 10.2. The zero-order valence-electron chi connectivity index (χ0n) is 12.9. The van der Waals surface area contributed by atoms with Gasteiger partial charge in [-0.05, 0) is 30.3 Å². The van der Waals surface area contributed by atoms with Crippen molar-refractivity contribution in [3.8, 4) is 29.0 Å². The Kier molecular flexibility index (Phi) is 3.83. The highest BCUT2D eigenvalue weighted by Crippen LogP contribution is 2.24. The van der Waals surface area contributed by atoms with Crippen LogP contribution in [0.3, 0.4) is 0 Å². The van der Waals surface area contributed by atoms with Crippen molar-refractivity contribution in [1.29, 1.82) is 5.26 Å². The number of rotatable bonds is 4. The molecule has 0 radical (unpaired) electrons. The molecule has 1 aromatic carbocycles. The zero-order chi connectivity index (χ0) is 17.3. The number of aromatic nitrogens is 3. The first-order chi connectivity index (χ1) is 11.4. The van der Waals surface area contributed by atoms with Crippen LogP contribution in [-0.2, 0) is 17.1 Å². The lowest BCUT2D eigenvalue weighted by Gasteiger charge is -2.03. The normalized spacial score (nSPS) is 11.2. The van der Waals surface area contributed by atoms with Gasteiger partial charge in [0.05, 0.1) is 11.8 Å². The van der Waals surface area contributed by atoms with E-state index in [0.717, 1.165) is 6.26 Å². The molecule has 0 bridgehead atoms. The number of anilines is 1. The fourth-order valence-corrected chi connectivity index (χ4v) is 2.75. The van der Waals surface area contributed by atoms with Crippen molar-refractivity contribution in [1.82, 2.24) is 14.7 Å². The van der Waals surface area contributed by atoms with Crippen LogP contribution in [0.2, 0.25) is 0 Å². The minimum Gasteiger partial charge on any atom is -0.345 e. The Bertz CT molecular complexity index is 1030. The van der Waals surface area contributed by atoms with Gasteiger partial charge in [-0.1, -0.05) is 5.16 Å². The molecule has 0 atom stereocenters. The van der Waals surface area contributed by atoms with E-state index in [0.29, 0.717) is 34.2 Å². The van der Waals surface area contributed by atoms with Gasteiger partial charge in [-0.15, -0.1) is 0 Å². The van der Waals surface area contributed by atoms with E-state index in [4.69, 9.17) is 9.78 Å². The van der Waals surface area contributed by atoms with Gasteiger partial charge in [0, 0.05) is 24.5 Å². The first kappa shape index (κ1) is 15.8. The van der Waals surface area contributed by atoms with E-state index in [1.54, 1.807) is 48.1 Å². The third-order valence-corrected chi connectivity index (χ3v) is 3.83. The second-order valence-corrected chi connectivity index (χ2v) is 6.96. The molecule has 9 heteroatoms. The summed E-state index contributed by atoms with van der Waals surface area (Å²) in [5.74, 6) is 0.669. The van der Waals surface area contributed by atoms with Crippen LogP contribution in [0.25, 0.3) is 23.0 Å². The lowest BCUT2D eigenvalue weighted by Crippen LogP contribution is -2.09. The summed E-state index contributed by atoms with van der Waals surface area (Å²) in [6, 6.07) is 10.3. The molecule has 0 aliphatic rings. The highest BCUT2D eigenvalue weighted by molar-refractivity contribution is 7.92. The van der Waals surface area contributed by atoms with Gasteiger partial charge in [0.2, 0.25) is 15.8 Å². The summed E-state index contributed by atoms with van der Waals surface area (Å²) in [6.07, 6.45) is 2.76. The summed E-state index contributed by atoms with van der Waals surface area (Å²) < 4.78 is 31.8. The molecule has 8 nitrogen and oxygen atoms in total. The Hall–Kier alpha value is -3.12. The molecule has 0 spiro atoms. The number of aryl methyl sites for hydroxylation is 1. The topological polar surface area (TPSA) is 114 Å². The van der Waals surface area contributed by atoms with Crippen LogP contribution in [0.4, 0.5) is 5.69 Å². The number of nitrogens with zero attached hydrogens (tertiary/aromatic N) is 4. The van der Waals surface area contributed by atoms with Gasteiger partial charge in [-0.2, -0.15) is 10.2 Å². The SMILES string of the molecule is Cn1cc(C#N)cc1-c1nc(-c2ccc(NS(C)(=O)=O)cc2)no1. The van der Waals surface area contributed by atoms with E-state index >= 15 is 0 Å². The Balaban J connectivity index is 1.88. The highest BCUT2D eigenvalue weighted by atomic mass is 32.2. The van der Waals surface area contributed by atoms with Crippen LogP contribution in [-0.4, -0.2) is 29.4 Å². The van der Waals surface area contributed by atoms with E-state index < -0.39 is 10.0 Å². The van der Waals surface area contributed by atoms with Crippen LogP contribution >= 0.6 is 0 Å². The maximum atomic E-state index is 11.2. The molecule has 1 N–H and O–H groups in total. The lowest BCUT2D eigenvalue weighted by molar-refractivity contribution is 0.429. The van der Waals surface area contributed by atoms with E-state index in [2.05, 4.69) is 20.9 Å². The van der Waals surface area contributed by atoms with Crippen molar-refractivity contribution in [2.24, 2.45) is 7.05 Å². The van der Waals surface area contributed by atoms with Gasteiger partial charge in [-0.3, -0.25) is 4.72 Å². The van der Waals surface area contributed by atoms with E-state index in [9.17, 15) is 8.42 Å². The van der Waals surface area contributed by atoms with Crippen LogP contribution in [0.5, 0.6) is 0 Å².